The first-order chi connectivity index (χ1) is 31.7. The molecule has 0 unspecified atom stereocenters. The fraction of sp³-hybridized carbons (Fsp3) is 0. The van der Waals surface area contributed by atoms with Crippen molar-refractivity contribution in [3.05, 3.63) is 218 Å². The van der Waals surface area contributed by atoms with Crippen LogP contribution in [0.5, 0.6) is 0 Å². The number of rotatable bonds is 5. The van der Waals surface area contributed by atoms with E-state index in [9.17, 15) is 0 Å². The summed E-state index contributed by atoms with van der Waals surface area (Å²) >= 11 is 0. The van der Waals surface area contributed by atoms with Gasteiger partial charge in [0.15, 0.2) is 0 Å². The van der Waals surface area contributed by atoms with Crippen molar-refractivity contribution in [2.75, 3.05) is 0 Å². The van der Waals surface area contributed by atoms with E-state index in [0.29, 0.717) is 0 Å². The third-order valence-corrected chi connectivity index (χ3v) is 13.3. The molecule has 10 aromatic carbocycles. The molecule has 0 saturated carbocycles. The Morgan fingerprint density at radius 3 is 1.08 bits per heavy atom. The van der Waals surface area contributed by atoms with Crippen LogP contribution in [-0.4, -0.2) is 9.13 Å². The Balaban J connectivity index is 1.01. The van der Waals surface area contributed by atoms with Crippen molar-refractivity contribution in [1.82, 2.24) is 9.13 Å². The predicted molar refractivity (Wildman–Crippen MR) is 266 cm³/mol. The zero-order valence-corrected chi connectivity index (χ0v) is 34.5. The van der Waals surface area contributed by atoms with Crippen LogP contribution in [0.15, 0.2) is 227 Å². The second-order valence-corrected chi connectivity index (χ2v) is 16.9. The van der Waals surface area contributed by atoms with Gasteiger partial charge in [-0.15, -0.1) is 0 Å². The highest BCUT2D eigenvalue weighted by Crippen LogP contribution is 2.43. The Labute approximate surface area is 367 Å². The van der Waals surface area contributed by atoms with E-state index >= 15 is 0 Å². The summed E-state index contributed by atoms with van der Waals surface area (Å²) < 4.78 is 17.8. The molecular weight excluding hydrogens is 781 g/mol. The van der Waals surface area contributed by atoms with E-state index in [2.05, 4.69) is 215 Å². The lowest BCUT2D eigenvalue weighted by Crippen LogP contribution is -1.94. The highest BCUT2D eigenvalue weighted by molar-refractivity contribution is 6.20. The summed E-state index contributed by atoms with van der Waals surface area (Å²) in [6.45, 7) is 0. The summed E-state index contributed by atoms with van der Waals surface area (Å²) in [6, 6.07) is 78.7. The molecule has 4 heterocycles. The summed E-state index contributed by atoms with van der Waals surface area (Å²) in [7, 11) is 0. The molecule has 0 saturated heterocycles. The Kier molecular flexibility index (Phi) is 7.36. The number of aromatic nitrogens is 2. The lowest BCUT2D eigenvalue weighted by molar-refractivity contribution is 0.669. The third kappa shape index (κ3) is 5.23. The number of hydrogen-bond donors (Lipinski definition) is 0. The van der Waals surface area contributed by atoms with Crippen LogP contribution in [0.4, 0.5) is 0 Å². The number of nitrogens with zero attached hydrogens (tertiary/aromatic N) is 2. The average Bonchev–Trinajstić information content (AvgIpc) is 4.10. The maximum atomic E-state index is 6.50. The zero-order chi connectivity index (χ0) is 41.9. The van der Waals surface area contributed by atoms with Gasteiger partial charge in [0.2, 0.25) is 0 Å². The van der Waals surface area contributed by atoms with Crippen molar-refractivity contribution in [3.63, 3.8) is 0 Å². The summed E-state index contributed by atoms with van der Waals surface area (Å²) in [5.74, 6) is 0. The van der Waals surface area contributed by atoms with Crippen LogP contribution in [0.2, 0.25) is 0 Å². The second kappa shape index (κ2) is 13.4. The van der Waals surface area contributed by atoms with Crippen LogP contribution in [-0.2, 0) is 0 Å². The van der Waals surface area contributed by atoms with E-state index in [1.54, 1.807) is 0 Å². The Morgan fingerprint density at radius 2 is 0.609 bits per heavy atom. The van der Waals surface area contributed by atoms with Crippen molar-refractivity contribution in [1.29, 1.82) is 0 Å². The van der Waals surface area contributed by atoms with Crippen molar-refractivity contribution >= 4 is 87.5 Å². The van der Waals surface area contributed by atoms with Crippen molar-refractivity contribution in [2.24, 2.45) is 0 Å². The van der Waals surface area contributed by atoms with E-state index in [-0.39, 0.29) is 0 Å². The SMILES string of the molecule is c1ccc(-c2cccc(-n3c4ccc(-c5ccc6c(c5)c5cc7c(cc5n6-c5cccc(-c6ccccc6)c5)oc5ccccc57)cc4c4cc5c(cc43)oc3ccccc35)c2)cc1. The minimum Gasteiger partial charge on any atom is -0.456 e. The highest BCUT2D eigenvalue weighted by atomic mass is 16.3. The first kappa shape index (κ1) is 35.0. The fourth-order valence-electron chi connectivity index (χ4n) is 10.3. The molecule has 0 aliphatic heterocycles. The van der Waals surface area contributed by atoms with Crippen LogP contribution >= 0.6 is 0 Å². The van der Waals surface area contributed by atoms with Crippen LogP contribution in [0.1, 0.15) is 0 Å². The van der Waals surface area contributed by atoms with Crippen LogP contribution < -0.4 is 0 Å². The molecule has 4 heteroatoms. The normalized spacial score (nSPS) is 12.1. The predicted octanol–water partition coefficient (Wildman–Crippen LogP) is 16.7. The minimum absolute atomic E-state index is 0.882. The Bertz CT molecular complexity index is 3910. The number of furan rings is 2. The quantitative estimate of drug-likeness (QED) is 0.173. The molecule has 0 N–H and O–H groups in total. The average molecular weight is 817 g/mol. The zero-order valence-electron chi connectivity index (χ0n) is 34.5. The molecule has 298 valence electrons. The largest absolute Gasteiger partial charge is 0.456 e. The molecule has 0 bridgehead atoms. The molecule has 0 atom stereocenters. The van der Waals surface area contributed by atoms with Crippen molar-refractivity contribution in [2.45, 2.75) is 0 Å². The summed E-state index contributed by atoms with van der Waals surface area (Å²) in [6.07, 6.45) is 0. The van der Waals surface area contributed by atoms with E-state index in [0.717, 1.165) is 88.4 Å². The molecule has 0 fully saturated rings. The molecule has 64 heavy (non-hydrogen) atoms. The van der Waals surface area contributed by atoms with Gasteiger partial charge in [0, 0.05) is 66.6 Å². The maximum absolute atomic E-state index is 6.50. The van der Waals surface area contributed by atoms with E-state index in [1.165, 1.54) is 43.8 Å². The van der Waals surface area contributed by atoms with Crippen molar-refractivity contribution < 1.29 is 8.83 Å². The standard InChI is InChI=1S/C60H36N2O2/c1-3-13-37(14-4-1)39-17-11-19-43(29-39)61-53-27-25-41(31-47(53)49-33-51-45-21-7-9-23-57(45)63-59(51)35-55(49)61)42-26-28-54-48(32-42)50-34-52-46-22-8-10-24-58(46)64-60(52)36-56(50)62(54)44-20-12-18-40(30-44)38-15-5-2-6-16-38/h1-36H. The molecule has 0 spiro atoms. The van der Waals surface area contributed by atoms with Crippen molar-refractivity contribution in [3.8, 4) is 44.8 Å². The van der Waals surface area contributed by atoms with Crippen LogP contribution in [0.3, 0.4) is 0 Å². The number of para-hydroxylation sites is 2. The summed E-state index contributed by atoms with van der Waals surface area (Å²) in [5.41, 5.74) is 17.3. The van der Waals surface area contributed by atoms with Gasteiger partial charge < -0.3 is 18.0 Å². The number of benzene rings is 10. The molecule has 4 aromatic heterocycles. The van der Waals surface area contributed by atoms with Gasteiger partial charge in [0.05, 0.1) is 22.1 Å². The van der Waals surface area contributed by atoms with Gasteiger partial charge in [-0.25, -0.2) is 0 Å². The van der Waals surface area contributed by atoms with E-state index in [4.69, 9.17) is 8.83 Å². The second-order valence-electron chi connectivity index (χ2n) is 16.9. The molecule has 14 rings (SSSR count). The molecule has 0 amide bonds. The minimum atomic E-state index is 0.882. The maximum Gasteiger partial charge on any atom is 0.137 e. The van der Waals surface area contributed by atoms with Gasteiger partial charge in [0.1, 0.15) is 22.3 Å². The van der Waals surface area contributed by atoms with Crippen LogP contribution in [0.25, 0.3) is 132 Å². The molecule has 4 nitrogen and oxygen atoms in total. The van der Waals surface area contributed by atoms with Gasteiger partial charge in [-0.2, -0.15) is 0 Å². The molecular formula is C60H36N2O2. The Hall–Kier alpha value is -8.60. The van der Waals surface area contributed by atoms with Gasteiger partial charge in [0.25, 0.3) is 0 Å². The molecule has 0 aliphatic carbocycles. The summed E-state index contributed by atoms with van der Waals surface area (Å²) in [5, 5.41) is 9.24. The fourth-order valence-corrected chi connectivity index (χ4v) is 10.3. The van der Waals surface area contributed by atoms with Gasteiger partial charge in [-0.05, 0) is 106 Å². The Morgan fingerprint density at radius 1 is 0.219 bits per heavy atom. The molecule has 0 radical (unpaired) electrons. The van der Waals surface area contributed by atoms with Crippen LogP contribution in [0, 0.1) is 0 Å². The third-order valence-electron chi connectivity index (χ3n) is 13.3. The topological polar surface area (TPSA) is 36.1 Å². The van der Waals surface area contributed by atoms with Gasteiger partial charge >= 0.3 is 0 Å². The van der Waals surface area contributed by atoms with Gasteiger partial charge in [-0.3, -0.25) is 0 Å². The summed E-state index contributed by atoms with van der Waals surface area (Å²) in [4.78, 5) is 0. The van der Waals surface area contributed by atoms with E-state index in [1.807, 2.05) is 12.1 Å². The lowest BCUT2D eigenvalue weighted by atomic mass is 10.00. The smallest absolute Gasteiger partial charge is 0.137 e. The van der Waals surface area contributed by atoms with E-state index < -0.39 is 0 Å². The monoisotopic (exact) mass is 816 g/mol. The van der Waals surface area contributed by atoms with Gasteiger partial charge in [-0.1, -0.05) is 133 Å². The molecule has 0 aliphatic rings. The number of hydrogen-bond acceptors (Lipinski definition) is 2. The number of fused-ring (bicyclic) bond motifs is 12. The first-order valence-corrected chi connectivity index (χ1v) is 21.8. The highest BCUT2D eigenvalue weighted by Gasteiger charge is 2.20. The lowest BCUT2D eigenvalue weighted by Gasteiger charge is -2.11. The first-order valence-electron chi connectivity index (χ1n) is 21.8. The molecule has 14 aromatic rings.